The van der Waals surface area contributed by atoms with Gasteiger partial charge in [0.2, 0.25) is 0 Å². The number of aromatic nitrogens is 1. The van der Waals surface area contributed by atoms with Crippen LogP contribution in [0.2, 0.25) is 0 Å². The van der Waals surface area contributed by atoms with E-state index in [0.717, 1.165) is 47.8 Å². The Morgan fingerprint density at radius 1 is 1.02 bits per heavy atom. The third-order valence-electron chi connectivity index (χ3n) is 10.2. The molecular formula is C40H52N2O2. The quantitative estimate of drug-likeness (QED) is 0.119. The number of hydrogen-bond acceptors (Lipinski definition) is 4. The molecule has 4 heteroatoms. The lowest BCUT2D eigenvalue weighted by Gasteiger charge is -2.22. The molecule has 44 heavy (non-hydrogen) atoms. The highest BCUT2D eigenvalue weighted by atomic mass is 16.5. The van der Waals surface area contributed by atoms with Crippen molar-refractivity contribution in [3.63, 3.8) is 0 Å². The Kier molecular flexibility index (Phi) is 11.0. The largest absolute Gasteiger partial charge is 0.493 e. The number of benzene rings is 2. The summed E-state index contributed by atoms with van der Waals surface area (Å²) in [7, 11) is 3.95. The van der Waals surface area contributed by atoms with Crippen LogP contribution in [0.3, 0.4) is 0 Å². The van der Waals surface area contributed by atoms with Gasteiger partial charge in [-0.2, -0.15) is 0 Å². The van der Waals surface area contributed by atoms with Crippen LogP contribution in [-0.2, 0) is 17.6 Å². The number of carbonyl (C=O) groups excluding carboxylic acids is 1. The second-order valence-electron chi connectivity index (χ2n) is 13.4. The average molecular weight is 593 g/mol. The van der Waals surface area contributed by atoms with Gasteiger partial charge in [-0.15, -0.1) is 0 Å². The summed E-state index contributed by atoms with van der Waals surface area (Å²) in [6.07, 6.45) is 17.9. The number of para-hydroxylation sites is 1. The second kappa shape index (κ2) is 15.1. The van der Waals surface area contributed by atoms with E-state index in [-0.39, 0.29) is 17.6 Å². The number of hydrogen-bond donors (Lipinski definition) is 0. The summed E-state index contributed by atoms with van der Waals surface area (Å²) >= 11 is 0. The Bertz CT molecular complexity index is 1490. The second-order valence-corrected chi connectivity index (χ2v) is 13.4. The first kappa shape index (κ1) is 32.0. The van der Waals surface area contributed by atoms with Gasteiger partial charge >= 0.3 is 0 Å². The van der Waals surface area contributed by atoms with Crippen LogP contribution in [-0.4, -0.2) is 36.4 Å². The molecule has 0 N–H and O–H groups in total. The van der Waals surface area contributed by atoms with Crippen LogP contribution in [0.4, 0.5) is 0 Å². The molecular weight excluding hydrogens is 540 g/mol. The maximum atomic E-state index is 13.0. The first-order valence-electron chi connectivity index (χ1n) is 17.0. The molecule has 4 atom stereocenters. The lowest BCUT2D eigenvalue weighted by Crippen LogP contribution is -2.24. The number of pyridine rings is 1. The molecule has 1 aromatic heterocycles. The fraction of sp³-hybridized carbons (Fsp3) is 0.500. The van der Waals surface area contributed by atoms with Crippen LogP contribution in [0.15, 0.2) is 72.5 Å². The van der Waals surface area contributed by atoms with Gasteiger partial charge in [-0.05, 0) is 99.5 Å². The average Bonchev–Trinajstić information content (AvgIpc) is 3.37. The Balaban J connectivity index is 1.17. The van der Waals surface area contributed by atoms with Crippen LogP contribution in [0.1, 0.15) is 93.5 Å². The van der Waals surface area contributed by atoms with Crippen LogP contribution in [0, 0.1) is 24.7 Å². The fourth-order valence-corrected chi connectivity index (χ4v) is 7.32. The number of fused-ring (bicyclic) bond motifs is 1. The maximum Gasteiger partial charge on any atom is 0.164 e. The SMILES string of the molecule is CCc1cccc(CCCC2CCCC(c3cccc4nc(C)ccc34)CC2)c1OC[C@H]1CC=C[C@H]1C(=O)/C=C(/C)N(C)C. The molecule has 2 aliphatic carbocycles. The number of aryl methyl sites for hydroxylation is 3. The minimum absolute atomic E-state index is 0.101. The minimum Gasteiger partial charge on any atom is -0.493 e. The molecule has 0 saturated heterocycles. The van der Waals surface area contributed by atoms with E-state index in [1.54, 1.807) is 6.08 Å². The van der Waals surface area contributed by atoms with Crippen molar-refractivity contribution in [1.29, 1.82) is 0 Å². The topological polar surface area (TPSA) is 42.4 Å². The van der Waals surface area contributed by atoms with Crippen molar-refractivity contribution in [1.82, 2.24) is 9.88 Å². The van der Waals surface area contributed by atoms with E-state index in [2.05, 4.69) is 74.5 Å². The zero-order chi connectivity index (χ0) is 31.1. The number of ether oxygens (including phenoxy) is 1. The van der Waals surface area contributed by atoms with Gasteiger partial charge in [-0.3, -0.25) is 9.78 Å². The predicted molar refractivity (Wildman–Crippen MR) is 183 cm³/mol. The molecule has 0 radical (unpaired) electrons. The van der Waals surface area contributed by atoms with Crippen molar-refractivity contribution < 1.29 is 9.53 Å². The summed E-state index contributed by atoms with van der Waals surface area (Å²) in [4.78, 5) is 19.8. The number of carbonyl (C=O) groups is 1. The van der Waals surface area contributed by atoms with Gasteiger partial charge in [0.15, 0.2) is 5.78 Å². The van der Waals surface area contributed by atoms with E-state index in [1.165, 1.54) is 67.0 Å². The van der Waals surface area contributed by atoms with Gasteiger partial charge in [0.1, 0.15) is 5.75 Å². The van der Waals surface area contributed by atoms with Gasteiger partial charge in [-0.1, -0.05) is 74.7 Å². The van der Waals surface area contributed by atoms with Crippen molar-refractivity contribution in [3.05, 3.63) is 94.8 Å². The Morgan fingerprint density at radius 2 is 1.84 bits per heavy atom. The van der Waals surface area contributed by atoms with E-state index in [9.17, 15) is 4.79 Å². The van der Waals surface area contributed by atoms with Gasteiger partial charge in [0.05, 0.1) is 12.1 Å². The summed E-state index contributed by atoms with van der Waals surface area (Å²) in [5.74, 6) is 2.76. The monoisotopic (exact) mass is 592 g/mol. The third-order valence-corrected chi connectivity index (χ3v) is 10.2. The first-order chi connectivity index (χ1) is 21.3. The van der Waals surface area contributed by atoms with Crippen LogP contribution >= 0.6 is 0 Å². The lowest BCUT2D eigenvalue weighted by molar-refractivity contribution is -0.118. The number of allylic oxidation sites excluding steroid dienone is 4. The fourth-order valence-electron chi connectivity index (χ4n) is 7.32. The molecule has 3 aromatic rings. The standard InChI is InChI=1S/C40H52N2O2/c1-6-31-14-9-17-33(40(31)44-27-34-18-10-20-36(34)39(43)26-29(3)42(4)5)16-8-13-30-12-7-15-32(24-23-30)35-19-11-21-38-37(35)25-22-28(2)41-38/h9-11,14,17,19-22,25-26,30,32,34,36H,6-8,12-13,15-16,18,23-24,27H2,1-5H3/b29-26-/t30?,32?,34-,36-/m1/s1. The smallest absolute Gasteiger partial charge is 0.164 e. The molecule has 234 valence electrons. The van der Waals surface area contributed by atoms with Crippen molar-refractivity contribution in [2.45, 2.75) is 90.9 Å². The molecule has 1 saturated carbocycles. The van der Waals surface area contributed by atoms with Gasteiger partial charge < -0.3 is 9.64 Å². The molecule has 0 bridgehead atoms. The molecule has 2 aliphatic rings. The van der Waals surface area contributed by atoms with E-state index in [0.29, 0.717) is 12.5 Å². The number of nitrogens with zero attached hydrogens (tertiary/aromatic N) is 2. The van der Waals surface area contributed by atoms with Crippen molar-refractivity contribution >= 4 is 16.7 Å². The zero-order valence-electron chi connectivity index (χ0n) is 27.6. The number of ketones is 1. The van der Waals surface area contributed by atoms with E-state index < -0.39 is 0 Å². The highest BCUT2D eigenvalue weighted by Gasteiger charge is 2.29. The van der Waals surface area contributed by atoms with E-state index in [1.807, 2.05) is 25.9 Å². The molecule has 2 aromatic carbocycles. The Hall–Kier alpha value is -3.40. The minimum atomic E-state index is -0.101. The summed E-state index contributed by atoms with van der Waals surface area (Å²) in [6.45, 7) is 6.85. The summed E-state index contributed by atoms with van der Waals surface area (Å²) < 4.78 is 6.62. The van der Waals surface area contributed by atoms with Gasteiger partial charge in [-0.25, -0.2) is 0 Å². The van der Waals surface area contributed by atoms with Crippen LogP contribution in [0.25, 0.3) is 10.9 Å². The molecule has 5 rings (SSSR count). The number of rotatable bonds is 12. The molecule has 0 spiro atoms. The molecule has 4 nitrogen and oxygen atoms in total. The molecule has 2 unspecified atom stereocenters. The van der Waals surface area contributed by atoms with E-state index in [4.69, 9.17) is 9.72 Å². The Labute approximate surface area is 265 Å². The highest BCUT2D eigenvalue weighted by Crippen LogP contribution is 2.39. The summed E-state index contributed by atoms with van der Waals surface area (Å²) in [5, 5.41) is 1.34. The molecule has 0 amide bonds. The maximum absolute atomic E-state index is 13.0. The van der Waals surface area contributed by atoms with Crippen molar-refractivity contribution in [2.24, 2.45) is 17.8 Å². The van der Waals surface area contributed by atoms with Crippen LogP contribution in [0.5, 0.6) is 5.75 Å². The third kappa shape index (κ3) is 7.81. The van der Waals surface area contributed by atoms with Crippen molar-refractivity contribution in [3.8, 4) is 5.75 Å². The summed E-state index contributed by atoms with van der Waals surface area (Å²) in [5.41, 5.74) is 7.31. The van der Waals surface area contributed by atoms with Crippen LogP contribution < -0.4 is 4.74 Å². The zero-order valence-corrected chi connectivity index (χ0v) is 27.6. The van der Waals surface area contributed by atoms with E-state index >= 15 is 0 Å². The van der Waals surface area contributed by atoms with Crippen molar-refractivity contribution in [2.75, 3.05) is 20.7 Å². The lowest BCUT2D eigenvalue weighted by atomic mass is 9.88. The van der Waals surface area contributed by atoms with Gasteiger partial charge in [0, 0.05) is 48.8 Å². The Morgan fingerprint density at radius 3 is 2.66 bits per heavy atom. The molecule has 0 aliphatic heterocycles. The van der Waals surface area contributed by atoms with Gasteiger partial charge in [0.25, 0.3) is 0 Å². The predicted octanol–water partition coefficient (Wildman–Crippen LogP) is 9.40. The molecule has 1 heterocycles. The highest BCUT2D eigenvalue weighted by molar-refractivity contribution is 5.94. The first-order valence-corrected chi connectivity index (χ1v) is 17.0. The molecule has 1 fully saturated rings. The normalized spacial score (nSPS) is 22.2. The summed E-state index contributed by atoms with van der Waals surface area (Å²) in [6, 6.07) is 17.8.